The topological polar surface area (TPSA) is 12.0 Å². The van der Waals surface area contributed by atoms with E-state index in [1.165, 1.54) is 0 Å². The molecule has 1 aromatic carbocycles. The Labute approximate surface area is 108 Å². The maximum absolute atomic E-state index is 14.1. The molecule has 17 heavy (non-hydrogen) atoms. The second-order valence-corrected chi connectivity index (χ2v) is 5.57. The molecule has 1 aromatic rings. The largest absolute Gasteiger partial charge is 0.309 e. The Morgan fingerprint density at radius 3 is 2.53 bits per heavy atom. The quantitative estimate of drug-likeness (QED) is 0.828. The molecular weight excluding hydrogens is 233 g/mol. The van der Waals surface area contributed by atoms with E-state index in [4.69, 9.17) is 0 Å². The van der Waals surface area contributed by atoms with E-state index in [-0.39, 0.29) is 11.9 Å². The first-order valence-electron chi connectivity index (χ1n) is 6.17. The second-order valence-electron chi connectivity index (χ2n) is 4.25. The maximum Gasteiger partial charge on any atom is 0.128 e. The van der Waals surface area contributed by atoms with E-state index in [9.17, 15) is 4.39 Å². The average Bonchev–Trinajstić information content (AvgIpc) is 2.24. The first-order chi connectivity index (χ1) is 8.10. The molecule has 1 atom stereocenters. The predicted octanol–water partition coefficient (Wildman–Crippen LogP) is 3.85. The van der Waals surface area contributed by atoms with Crippen LogP contribution >= 0.6 is 11.8 Å². The number of rotatable bonds is 6. The lowest BCUT2D eigenvalue weighted by Crippen LogP contribution is -2.25. The number of nitrogens with one attached hydrogen (secondary N) is 1. The van der Waals surface area contributed by atoms with E-state index in [0.717, 1.165) is 34.7 Å². The summed E-state index contributed by atoms with van der Waals surface area (Å²) in [6, 6.07) is 3.80. The number of benzene rings is 1. The van der Waals surface area contributed by atoms with Gasteiger partial charge in [-0.2, -0.15) is 11.8 Å². The highest BCUT2D eigenvalue weighted by Gasteiger charge is 2.17. The average molecular weight is 255 g/mol. The molecule has 1 unspecified atom stereocenters. The number of hydrogen-bond acceptors (Lipinski definition) is 2. The van der Waals surface area contributed by atoms with Crippen LogP contribution in [-0.2, 0) is 0 Å². The van der Waals surface area contributed by atoms with E-state index in [2.05, 4.69) is 25.2 Å². The standard InChI is InChI=1S/C14H22FNS/c1-5-16-13(9-17-6-2)14-11(4)7-10(3)8-12(14)15/h7-8,13,16H,5-6,9H2,1-4H3. The van der Waals surface area contributed by atoms with Gasteiger partial charge in [-0.15, -0.1) is 0 Å². The van der Waals surface area contributed by atoms with Crippen molar-refractivity contribution < 1.29 is 4.39 Å². The minimum atomic E-state index is -0.0786. The third kappa shape index (κ3) is 4.00. The minimum Gasteiger partial charge on any atom is -0.309 e. The Kier molecular flexibility index (Phi) is 6.00. The Balaban J connectivity index is 3.00. The Morgan fingerprint density at radius 2 is 2.00 bits per heavy atom. The van der Waals surface area contributed by atoms with Gasteiger partial charge in [-0.3, -0.25) is 0 Å². The van der Waals surface area contributed by atoms with Crippen LogP contribution in [0.4, 0.5) is 4.39 Å². The van der Waals surface area contributed by atoms with Crippen molar-refractivity contribution in [1.82, 2.24) is 5.32 Å². The maximum atomic E-state index is 14.1. The molecule has 0 heterocycles. The number of halogens is 1. The molecule has 0 aliphatic rings. The zero-order valence-corrected chi connectivity index (χ0v) is 12.0. The van der Waals surface area contributed by atoms with Crippen molar-refractivity contribution in [3.05, 3.63) is 34.6 Å². The first-order valence-corrected chi connectivity index (χ1v) is 7.33. The van der Waals surface area contributed by atoms with Gasteiger partial charge in [-0.05, 0) is 43.3 Å². The molecule has 0 saturated carbocycles. The fourth-order valence-electron chi connectivity index (χ4n) is 2.09. The van der Waals surface area contributed by atoms with Crippen LogP contribution in [-0.4, -0.2) is 18.1 Å². The fourth-order valence-corrected chi connectivity index (χ4v) is 2.85. The van der Waals surface area contributed by atoms with Crippen LogP contribution in [0.2, 0.25) is 0 Å². The third-order valence-electron chi connectivity index (χ3n) is 2.77. The molecule has 0 spiro atoms. The van der Waals surface area contributed by atoms with Gasteiger partial charge in [-0.25, -0.2) is 4.39 Å². The monoisotopic (exact) mass is 255 g/mol. The summed E-state index contributed by atoms with van der Waals surface area (Å²) in [5.41, 5.74) is 2.87. The van der Waals surface area contributed by atoms with Gasteiger partial charge in [0, 0.05) is 17.4 Å². The van der Waals surface area contributed by atoms with Crippen molar-refractivity contribution in [1.29, 1.82) is 0 Å². The van der Waals surface area contributed by atoms with Crippen LogP contribution in [0.15, 0.2) is 12.1 Å². The Hall–Kier alpha value is -0.540. The normalized spacial score (nSPS) is 12.8. The lowest BCUT2D eigenvalue weighted by Gasteiger charge is -2.21. The minimum absolute atomic E-state index is 0.0786. The molecule has 0 saturated heterocycles. The zero-order chi connectivity index (χ0) is 12.8. The van der Waals surface area contributed by atoms with Crippen molar-refractivity contribution in [3.63, 3.8) is 0 Å². The van der Waals surface area contributed by atoms with Gasteiger partial charge < -0.3 is 5.32 Å². The lowest BCUT2D eigenvalue weighted by molar-refractivity contribution is 0.542. The van der Waals surface area contributed by atoms with Crippen molar-refractivity contribution in [2.45, 2.75) is 33.7 Å². The summed E-state index contributed by atoms with van der Waals surface area (Å²) in [6.07, 6.45) is 0. The lowest BCUT2D eigenvalue weighted by atomic mass is 9.99. The van der Waals surface area contributed by atoms with Gasteiger partial charge in [0.1, 0.15) is 5.82 Å². The van der Waals surface area contributed by atoms with Crippen LogP contribution in [0, 0.1) is 19.7 Å². The highest BCUT2D eigenvalue weighted by Crippen LogP contribution is 2.25. The molecule has 0 bridgehead atoms. The molecule has 3 heteroatoms. The summed E-state index contributed by atoms with van der Waals surface area (Å²) in [6.45, 7) is 8.98. The number of aryl methyl sites for hydroxylation is 2. The third-order valence-corrected chi connectivity index (χ3v) is 3.75. The SMILES string of the molecule is CCNC(CSCC)c1c(C)cc(C)cc1F. The molecule has 0 radical (unpaired) electrons. The number of hydrogen-bond donors (Lipinski definition) is 1. The van der Waals surface area contributed by atoms with Crippen molar-refractivity contribution in [2.24, 2.45) is 0 Å². The molecule has 0 aromatic heterocycles. The molecule has 1 N–H and O–H groups in total. The molecule has 1 rings (SSSR count). The first kappa shape index (κ1) is 14.5. The van der Waals surface area contributed by atoms with Crippen LogP contribution in [0.25, 0.3) is 0 Å². The van der Waals surface area contributed by atoms with Gasteiger partial charge >= 0.3 is 0 Å². The molecule has 0 fully saturated rings. The summed E-state index contributed by atoms with van der Waals surface area (Å²) in [5, 5.41) is 3.37. The van der Waals surface area contributed by atoms with Crippen LogP contribution in [0.1, 0.15) is 36.6 Å². The fraction of sp³-hybridized carbons (Fsp3) is 0.571. The van der Waals surface area contributed by atoms with E-state index in [0.29, 0.717) is 0 Å². The van der Waals surface area contributed by atoms with E-state index in [1.54, 1.807) is 6.07 Å². The summed E-state index contributed by atoms with van der Waals surface area (Å²) >= 11 is 1.84. The summed E-state index contributed by atoms with van der Waals surface area (Å²) in [7, 11) is 0. The highest BCUT2D eigenvalue weighted by atomic mass is 32.2. The van der Waals surface area contributed by atoms with Crippen molar-refractivity contribution in [2.75, 3.05) is 18.1 Å². The van der Waals surface area contributed by atoms with E-state index >= 15 is 0 Å². The predicted molar refractivity (Wildman–Crippen MR) is 75.3 cm³/mol. The molecule has 0 aliphatic carbocycles. The summed E-state index contributed by atoms with van der Waals surface area (Å²) < 4.78 is 14.1. The molecule has 0 aliphatic heterocycles. The van der Waals surface area contributed by atoms with Gasteiger partial charge in [0.05, 0.1) is 0 Å². The van der Waals surface area contributed by atoms with Gasteiger partial charge in [-0.1, -0.05) is 19.9 Å². The second kappa shape index (κ2) is 7.02. The molecule has 0 amide bonds. The summed E-state index contributed by atoms with van der Waals surface area (Å²) in [4.78, 5) is 0. The van der Waals surface area contributed by atoms with Crippen LogP contribution in [0.5, 0.6) is 0 Å². The molecule has 96 valence electrons. The Bertz CT molecular complexity index is 342. The highest BCUT2D eigenvalue weighted by molar-refractivity contribution is 7.99. The van der Waals surface area contributed by atoms with Gasteiger partial charge in [0.15, 0.2) is 0 Å². The van der Waals surface area contributed by atoms with Crippen molar-refractivity contribution in [3.8, 4) is 0 Å². The molecular formula is C14H22FNS. The smallest absolute Gasteiger partial charge is 0.128 e. The van der Waals surface area contributed by atoms with Crippen LogP contribution in [0.3, 0.4) is 0 Å². The molecule has 1 nitrogen and oxygen atoms in total. The Morgan fingerprint density at radius 1 is 1.29 bits per heavy atom. The number of thioether (sulfide) groups is 1. The van der Waals surface area contributed by atoms with E-state index in [1.807, 2.05) is 25.6 Å². The van der Waals surface area contributed by atoms with E-state index < -0.39 is 0 Å². The zero-order valence-electron chi connectivity index (χ0n) is 11.1. The van der Waals surface area contributed by atoms with Gasteiger partial charge in [0.25, 0.3) is 0 Å². The van der Waals surface area contributed by atoms with Gasteiger partial charge in [0.2, 0.25) is 0 Å². The van der Waals surface area contributed by atoms with Crippen molar-refractivity contribution >= 4 is 11.8 Å². The van der Waals surface area contributed by atoms with Crippen LogP contribution < -0.4 is 5.32 Å². The summed E-state index contributed by atoms with van der Waals surface area (Å²) in [5.74, 6) is 1.91.